The molecule has 4 heterocycles. The minimum atomic E-state index is -6.11. The van der Waals surface area contributed by atoms with Gasteiger partial charge in [-0.3, -0.25) is 19.6 Å². The van der Waals surface area contributed by atoms with Crippen LogP contribution < -0.4 is 3.71 Å². The number of ether oxygens (including phenoxy) is 2. The third-order valence-electron chi connectivity index (χ3n) is 20.5. The first-order valence-electron chi connectivity index (χ1n) is 37.1. The summed E-state index contributed by atoms with van der Waals surface area (Å²) >= 11 is -2.27. The van der Waals surface area contributed by atoms with Gasteiger partial charge < -0.3 is 23.5 Å². The molecule has 2 fully saturated rings. The molecule has 0 unspecified atom stereocenters. The van der Waals surface area contributed by atoms with Crippen LogP contribution in [-0.2, 0) is 33.4 Å². The Morgan fingerprint density at radius 1 is 0.564 bits per heavy atom. The molecular formula is C79H119F3N8O9SSn. The number of esters is 2. The Morgan fingerprint density at radius 2 is 0.950 bits per heavy atom. The van der Waals surface area contributed by atoms with Crippen LogP contribution in [0.4, 0.5) is 13.2 Å². The topological polar surface area (TPSA) is 213 Å². The van der Waals surface area contributed by atoms with Crippen LogP contribution in [0.5, 0.6) is 0 Å². The van der Waals surface area contributed by atoms with Crippen LogP contribution in [-0.4, -0.2) is 121 Å². The fourth-order valence-corrected chi connectivity index (χ4v) is 30.2. The Hall–Kier alpha value is -5.84. The van der Waals surface area contributed by atoms with Gasteiger partial charge in [0.2, 0.25) is 0 Å². The number of rotatable bonds is 24. The van der Waals surface area contributed by atoms with E-state index in [0.717, 1.165) is 44.1 Å². The molecule has 2 aromatic carbocycles. The van der Waals surface area contributed by atoms with Crippen LogP contribution in [0.15, 0.2) is 95.7 Å². The second kappa shape index (κ2) is 35.3. The number of nitrogens with zero attached hydrogens (tertiary/aromatic N) is 8. The number of carbonyl (C=O) groups is 4. The number of hydrogen-bond donors (Lipinski definition) is 0. The van der Waals surface area contributed by atoms with Gasteiger partial charge in [-0.15, -0.1) is 0 Å². The van der Waals surface area contributed by atoms with E-state index in [4.69, 9.17) is 19.5 Å². The number of carbonyl (C=O) groups excluding carboxylic acids is 4. The van der Waals surface area contributed by atoms with Crippen LogP contribution in [0, 0.1) is 33.5 Å². The summed E-state index contributed by atoms with van der Waals surface area (Å²) in [5.74, 6) is -2.15. The number of amides is 2. The first-order valence-corrected chi connectivity index (χ1v) is 46.0. The van der Waals surface area contributed by atoms with E-state index in [1.54, 1.807) is 56.7 Å². The summed E-state index contributed by atoms with van der Waals surface area (Å²) in [6.45, 7) is 40.1. The van der Waals surface area contributed by atoms with Gasteiger partial charge >= 0.3 is 157 Å². The summed E-state index contributed by atoms with van der Waals surface area (Å²) in [6, 6.07) is 13.3. The van der Waals surface area contributed by atoms with Gasteiger partial charge in [-0.05, 0) is 174 Å². The number of aromatic nitrogens is 4. The summed E-state index contributed by atoms with van der Waals surface area (Å²) in [5, 5.41) is 0. The predicted molar refractivity (Wildman–Crippen MR) is 397 cm³/mol. The number of benzene rings is 2. The number of halogens is 3. The zero-order chi connectivity index (χ0) is 75.2. The molecule has 2 atom stereocenters. The third-order valence-corrected chi connectivity index (χ3v) is 36.5. The number of aliphatic imine (C=N–C) groups is 2. The first kappa shape index (κ1) is 84.1. The van der Waals surface area contributed by atoms with Crippen molar-refractivity contribution in [1.82, 2.24) is 29.7 Å². The van der Waals surface area contributed by atoms with E-state index in [1.165, 1.54) is 60.4 Å². The molecule has 0 bridgehead atoms. The van der Waals surface area contributed by atoms with E-state index < -0.39 is 69.1 Å². The Balaban J connectivity index is 0.000000255. The van der Waals surface area contributed by atoms with Crippen molar-refractivity contribution in [2.45, 2.75) is 302 Å². The van der Waals surface area contributed by atoms with Gasteiger partial charge in [-0.25, -0.2) is 19.6 Å². The van der Waals surface area contributed by atoms with Gasteiger partial charge in [0.15, 0.2) is 5.71 Å². The van der Waals surface area contributed by atoms with E-state index in [1.807, 2.05) is 71.3 Å². The SMILES string of the molecule is CC(C)OC(=O)c1ccc([C@@H](CCC(C)(C)C)N2C(=O)C(OS(=O)(=O)C(F)(F)F)=NC23CCC(C(C)(C)C)CC3)cc1.CC(C)OC(=O)c1ccc([C@@H](CCC(C)(C)C)N2C(=O)C(c3cnccn3)=NC23CCC(C(C)(C)C)CC3)cc1.CCC[CH2][Sn]([CH2]CCC)([CH2]CCC)[c]1cnccn1. The summed E-state index contributed by atoms with van der Waals surface area (Å²) in [5.41, 5.74) is -4.11. The number of hydrogen-bond acceptors (Lipinski definition) is 15. The molecule has 560 valence electrons. The van der Waals surface area contributed by atoms with Crippen molar-refractivity contribution >= 4 is 67.6 Å². The molecule has 0 radical (unpaired) electrons. The van der Waals surface area contributed by atoms with E-state index in [2.05, 4.69) is 118 Å². The molecule has 4 aliphatic rings. The van der Waals surface area contributed by atoms with Gasteiger partial charge in [0.1, 0.15) is 17.0 Å². The summed E-state index contributed by atoms with van der Waals surface area (Å²) in [6.07, 6.45) is 26.7. The zero-order valence-corrected chi connectivity index (χ0v) is 67.9. The maximum absolute atomic E-state index is 14.3. The predicted octanol–water partition coefficient (Wildman–Crippen LogP) is 18.9. The van der Waals surface area contributed by atoms with Gasteiger partial charge in [-0.1, -0.05) is 107 Å². The van der Waals surface area contributed by atoms with Crippen molar-refractivity contribution in [3.8, 4) is 0 Å². The monoisotopic (exact) mass is 1530 g/mol. The van der Waals surface area contributed by atoms with Crippen molar-refractivity contribution in [1.29, 1.82) is 0 Å². The van der Waals surface area contributed by atoms with Gasteiger partial charge in [-0.2, -0.15) is 21.6 Å². The number of unbranched alkanes of at least 4 members (excludes halogenated alkanes) is 3. The molecule has 4 aromatic rings. The third kappa shape index (κ3) is 22.8. The normalized spacial score (nSPS) is 20.6. The molecule has 0 saturated heterocycles. The van der Waals surface area contributed by atoms with E-state index in [9.17, 15) is 40.8 Å². The second-order valence-corrected chi connectivity index (χ2v) is 48.2. The van der Waals surface area contributed by atoms with Crippen molar-refractivity contribution < 1.29 is 54.4 Å². The molecule has 2 saturated carbocycles. The molecule has 17 nitrogen and oxygen atoms in total. The number of alkyl halides is 3. The standard InChI is InChI=1S/C33H46N4O3.C30H43F3N2O6S.C4H3N2.3C4H9.Sn/c1-22(2)40-30(39)24-11-9-23(10-12-24)27(15-16-31(3,4)5)37-29(38)28(26-21-34-19-20-35-26)36-33(37)17-13-25(14-18-33)32(6,7)8;1-19(2)40-26(37)21-11-9-20(10-12-21)23(15-16-27(3,4)5)35-25(36)24(41-42(38,39)30(31,32)33)34-29(35)17-13-22(14-18-29)28(6,7)8;1-2-6-4-3-5-1;3*1-3-4-2;/h9-12,19-22,25,27H,13-18H2,1-8H3;9-12,19,22-23H,13-18H2,1-8H3;1-3H;3*1,3-4H2,2H3;/t25?,27-,33?;22?,23-,29?;;;;;/m11...../s1. The van der Waals surface area contributed by atoms with Crippen molar-refractivity contribution in [2.24, 2.45) is 43.5 Å². The molecular weight excluding hydrogens is 1410 g/mol. The summed E-state index contributed by atoms with van der Waals surface area (Å²) in [4.78, 5) is 84.0. The van der Waals surface area contributed by atoms with Crippen LogP contribution in [0.1, 0.15) is 297 Å². The quantitative estimate of drug-likeness (QED) is 0.0277. The van der Waals surface area contributed by atoms with Crippen molar-refractivity contribution in [3.05, 3.63) is 114 Å². The summed E-state index contributed by atoms with van der Waals surface area (Å²) < 4.78 is 84.6. The van der Waals surface area contributed by atoms with Crippen LogP contribution >= 0.6 is 0 Å². The van der Waals surface area contributed by atoms with Crippen LogP contribution in [0.2, 0.25) is 13.3 Å². The van der Waals surface area contributed by atoms with Gasteiger partial charge in [0, 0.05) is 12.4 Å². The van der Waals surface area contributed by atoms with Crippen molar-refractivity contribution in [3.63, 3.8) is 0 Å². The Labute approximate surface area is 606 Å². The molecule has 101 heavy (non-hydrogen) atoms. The molecule has 2 spiro atoms. The van der Waals surface area contributed by atoms with Gasteiger partial charge in [0.25, 0.3) is 11.8 Å². The Morgan fingerprint density at radius 3 is 1.29 bits per heavy atom. The van der Waals surface area contributed by atoms with Gasteiger partial charge in [0.05, 0.1) is 41.6 Å². The Kier molecular flexibility index (Phi) is 29.4. The Bertz CT molecular complexity index is 3490. The molecule has 2 aliphatic carbocycles. The molecule has 22 heteroatoms. The average molecular weight is 1530 g/mol. The minimum absolute atomic E-state index is 0.0379. The average Bonchev–Trinajstić information content (AvgIpc) is 1.60. The van der Waals surface area contributed by atoms with Crippen LogP contribution in [0.25, 0.3) is 0 Å². The maximum atomic E-state index is 14.3. The fraction of sp³-hybridized carbons (Fsp3) is 0.671. The summed E-state index contributed by atoms with van der Waals surface area (Å²) in [7, 11) is -6.11. The molecule has 8 rings (SSSR count). The van der Waals surface area contributed by atoms with E-state index >= 15 is 0 Å². The van der Waals surface area contributed by atoms with E-state index in [-0.39, 0.29) is 57.7 Å². The fourth-order valence-electron chi connectivity index (χ4n) is 14.6. The molecule has 0 N–H and O–H groups in total. The van der Waals surface area contributed by atoms with E-state index in [0.29, 0.717) is 72.5 Å². The second-order valence-electron chi connectivity index (χ2n) is 33.6. The zero-order valence-electron chi connectivity index (χ0n) is 64.2. The first-order chi connectivity index (χ1) is 47.0. The van der Waals surface area contributed by atoms with Crippen molar-refractivity contribution in [2.75, 3.05) is 0 Å². The molecule has 2 aliphatic heterocycles. The molecule has 2 aromatic heterocycles. The molecule has 2 amide bonds. The van der Waals surface area contributed by atoms with Crippen LogP contribution in [0.3, 0.4) is 0 Å².